The monoisotopic (exact) mass is 1060 g/mol. The first-order valence-electron chi connectivity index (χ1n) is 34.6. The first-order valence-corrected chi connectivity index (χ1v) is 34.6. The van der Waals surface area contributed by atoms with Crippen LogP contribution in [0, 0.1) is 0 Å². The molecule has 1 rings (SSSR count). The molecule has 1 aliphatic rings. The number of rotatable bonds is 63. The minimum atomic E-state index is -0.837. The highest BCUT2D eigenvalue weighted by Crippen LogP contribution is 2.25. The molecule has 0 saturated heterocycles. The summed E-state index contributed by atoms with van der Waals surface area (Å²) in [6.07, 6.45) is 77.0. The molecule has 75 heavy (non-hydrogen) atoms. The number of unbranched alkanes of at least 4 members (excludes halogenated alkanes) is 53. The largest absolute Gasteiger partial charge is 0.478 e. The van der Waals surface area contributed by atoms with Crippen LogP contribution in [0.25, 0.3) is 0 Å². The Labute approximate surface area is 469 Å². The fourth-order valence-corrected chi connectivity index (χ4v) is 11.3. The van der Waals surface area contributed by atoms with E-state index in [-0.39, 0.29) is 25.2 Å². The normalized spacial score (nSPS) is 13.1. The quantitative estimate of drug-likeness (QED) is 0.0448. The second kappa shape index (κ2) is 58.6. The van der Waals surface area contributed by atoms with Gasteiger partial charge in [-0.15, -0.1) is 0 Å². The van der Waals surface area contributed by atoms with Crippen LogP contribution >= 0.6 is 0 Å². The molecule has 0 radical (unpaired) electrons. The summed E-state index contributed by atoms with van der Waals surface area (Å²) in [6.45, 7) is 7.42. The van der Waals surface area contributed by atoms with Crippen molar-refractivity contribution in [3.63, 3.8) is 0 Å². The van der Waals surface area contributed by atoms with E-state index in [9.17, 15) is 9.59 Å². The lowest BCUT2D eigenvalue weighted by molar-refractivity contribution is -0.150. The fourth-order valence-electron chi connectivity index (χ4n) is 11.3. The van der Waals surface area contributed by atoms with Gasteiger partial charge in [0.15, 0.2) is 11.4 Å². The summed E-state index contributed by atoms with van der Waals surface area (Å²) in [5.74, 6) is 0.388. The maximum atomic E-state index is 13.0. The summed E-state index contributed by atoms with van der Waals surface area (Å²) in [5, 5.41) is 0. The highest BCUT2D eigenvalue weighted by Gasteiger charge is 2.40. The topological polar surface area (TPSA) is 74.2 Å². The molecule has 6 nitrogen and oxygen atoms in total. The smallest absolute Gasteiger partial charge is 0.305 e. The third kappa shape index (κ3) is 51.6. The number of aliphatic imine (C=N–C) groups is 1. The molecule has 444 valence electrons. The van der Waals surface area contributed by atoms with Crippen molar-refractivity contribution in [3.8, 4) is 0 Å². The van der Waals surface area contributed by atoms with E-state index in [0.717, 1.165) is 44.4 Å². The highest BCUT2D eigenvalue weighted by molar-refractivity contribution is 5.78. The predicted octanol–water partition coefficient (Wildman–Crippen LogP) is 23.3. The second-order valence-electron chi connectivity index (χ2n) is 24.3. The van der Waals surface area contributed by atoms with Gasteiger partial charge in [-0.05, 0) is 19.3 Å². The Morgan fingerprint density at radius 3 is 0.747 bits per heavy atom. The van der Waals surface area contributed by atoms with Gasteiger partial charge in [-0.25, -0.2) is 4.99 Å². The third-order valence-electron chi connectivity index (χ3n) is 16.6. The van der Waals surface area contributed by atoms with Crippen molar-refractivity contribution >= 4 is 17.8 Å². The van der Waals surface area contributed by atoms with Crippen LogP contribution in [-0.2, 0) is 23.8 Å². The fraction of sp³-hybridized carbons (Fsp3) is 0.957. The van der Waals surface area contributed by atoms with Crippen LogP contribution in [0.5, 0.6) is 0 Å². The van der Waals surface area contributed by atoms with E-state index in [1.54, 1.807) is 0 Å². The third-order valence-corrected chi connectivity index (χ3v) is 16.6. The molecule has 0 spiro atoms. The van der Waals surface area contributed by atoms with E-state index >= 15 is 0 Å². The highest BCUT2D eigenvalue weighted by atomic mass is 16.6. The Hall–Kier alpha value is -1.59. The molecule has 0 atom stereocenters. The average molecular weight is 1060 g/mol. The Balaban J connectivity index is 2.29. The minimum absolute atomic E-state index is 0.111. The van der Waals surface area contributed by atoms with Gasteiger partial charge in [-0.3, -0.25) is 9.59 Å². The summed E-state index contributed by atoms with van der Waals surface area (Å²) in [4.78, 5) is 30.9. The van der Waals surface area contributed by atoms with Crippen LogP contribution in [-0.4, -0.2) is 43.2 Å². The molecule has 0 bridgehead atoms. The standard InChI is InChI=1S/C69H133NO5/c1-4-7-10-13-16-19-22-25-28-31-34-37-40-43-46-49-52-55-58-61-67(71)74-64-69(63-73-66(70-69)60-57-54-51-48-45-42-39-36-33-30-27-24-21-18-15-12-9-6-3)65-75-68(72)62-59-56-53-50-47-44-41-38-35-32-29-26-23-20-17-14-11-8-5-2/h4-65H2,1-3H3. The molecule has 0 fully saturated rings. The number of carbonyl (C=O) groups is 2. The zero-order valence-electron chi connectivity index (χ0n) is 51.3. The summed E-state index contributed by atoms with van der Waals surface area (Å²) >= 11 is 0. The number of hydrogen-bond donors (Lipinski definition) is 0. The van der Waals surface area contributed by atoms with Crippen LogP contribution in [0.1, 0.15) is 400 Å². The molecule has 0 aromatic rings. The Bertz CT molecular complexity index is 1140. The number of ether oxygens (including phenoxy) is 3. The molecule has 0 aromatic carbocycles. The van der Waals surface area contributed by atoms with Gasteiger partial charge in [0.25, 0.3) is 0 Å². The molecule has 0 amide bonds. The van der Waals surface area contributed by atoms with Crippen molar-refractivity contribution in [1.82, 2.24) is 0 Å². The van der Waals surface area contributed by atoms with Gasteiger partial charge in [0.2, 0.25) is 0 Å². The van der Waals surface area contributed by atoms with Gasteiger partial charge >= 0.3 is 11.9 Å². The van der Waals surface area contributed by atoms with Gasteiger partial charge in [-0.1, -0.05) is 361 Å². The van der Waals surface area contributed by atoms with Crippen LogP contribution in [0.3, 0.4) is 0 Å². The van der Waals surface area contributed by atoms with Gasteiger partial charge in [-0.2, -0.15) is 0 Å². The minimum Gasteiger partial charge on any atom is -0.478 e. The lowest BCUT2D eigenvalue weighted by Gasteiger charge is -2.23. The van der Waals surface area contributed by atoms with Crippen molar-refractivity contribution in [2.24, 2.45) is 4.99 Å². The van der Waals surface area contributed by atoms with Gasteiger partial charge < -0.3 is 14.2 Å². The van der Waals surface area contributed by atoms with E-state index in [2.05, 4.69) is 20.8 Å². The van der Waals surface area contributed by atoms with E-state index in [0.29, 0.717) is 19.4 Å². The Morgan fingerprint density at radius 2 is 0.520 bits per heavy atom. The lowest BCUT2D eigenvalue weighted by atomic mass is 10.0. The zero-order chi connectivity index (χ0) is 53.9. The van der Waals surface area contributed by atoms with Gasteiger partial charge in [0, 0.05) is 19.3 Å². The summed E-state index contributed by atoms with van der Waals surface area (Å²) in [7, 11) is 0. The SMILES string of the molecule is CCCCCCCCCCCCCCCCCCCCCC(=O)OCC1(COC(=O)CCCCCCCCCCCCCCCCCCCCC)COC(CCCCCCCCCCCCCCCCCCCC)=N1. The van der Waals surface area contributed by atoms with Crippen molar-refractivity contribution in [2.75, 3.05) is 19.8 Å². The van der Waals surface area contributed by atoms with Gasteiger partial charge in [0.05, 0.1) is 0 Å². The second-order valence-corrected chi connectivity index (χ2v) is 24.3. The number of esters is 2. The van der Waals surface area contributed by atoms with E-state index in [1.165, 1.54) is 327 Å². The average Bonchev–Trinajstić information content (AvgIpc) is 3.83. The van der Waals surface area contributed by atoms with Gasteiger partial charge in [0.1, 0.15) is 19.8 Å². The lowest BCUT2D eigenvalue weighted by Crippen LogP contribution is -2.41. The van der Waals surface area contributed by atoms with Crippen molar-refractivity contribution < 1.29 is 23.8 Å². The number of nitrogens with zero attached hydrogens (tertiary/aromatic N) is 1. The maximum Gasteiger partial charge on any atom is 0.305 e. The molecule has 0 aromatic heterocycles. The zero-order valence-corrected chi connectivity index (χ0v) is 51.3. The number of hydrogen-bond acceptors (Lipinski definition) is 6. The van der Waals surface area contributed by atoms with Crippen LogP contribution in [0.2, 0.25) is 0 Å². The first kappa shape index (κ1) is 71.4. The van der Waals surface area contributed by atoms with Crippen molar-refractivity contribution in [2.45, 2.75) is 405 Å². The Morgan fingerprint density at radius 1 is 0.320 bits per heavy atom. The summed E-state index contributed by atoms with van der Waals surface area (Å²) in [5.41, 5.74) is -0.837. The summed E-state index contributed by atoms with van der Waals surface area (Å²) in [6, 6.07) is 0. The van der Waals surface area contributed by atoms with Crippen LogP contribution in [0.15, 0.2) is 4.99 Å². The van der Waals surface area contributed by atoms with E-state index < -0.39 is 5.54 Å². The molecule has 1 aliphatic heterocycles. The van der Waals surface area contributed by atoms with E-state index in [4.69, 9.17) is 19.2 Å². The molecular formula is C69H133NO5. The van der Waals surface area contributed by atoms with Crippen molar-refractivity contribution in [1.29, 1.82) is 0 Å². The van der Waals surface area contributed by atoms with Crippen LogP contribution < -0.4 is 0 Å². The maximum absolute atomic E-state index is 13.0. The van der Waals surface area contributed by atoms with Crippen LogP contribution in [0.4, 0.5) is 0 Å². The molecule has 0 aliphatic carbocycles. The van der Waals surface area contributed by atoms with E-state index in [1.807, 2.05) is 0 Å². The molecule has 0 saturated carbocycles. The molecule has 6 heteroatoms. The molecule has 0 N–H and O–H groups in total. The molecular weight excluding hydrogens is 923 g/mol. The predicted molar refractivity (Wildman–Crippen MR) is 327 cm³/mol. The van der Waals surface area contributed by atoms with Crippen molar-refractivity contribution in [3.05, 3.63) is 0 Å². The first-order chi connectivity index (χ1) is 37.0. The Kier molecular flexibility index (Phi) is 55.8. The molecule has 1 heterocycles. The summed E-state index contributed by atoms with van der Waals surface area (Å²) < 4.78 is 17.9. The molecule has 0 unspecified atom stereocenters. The number of carbonyl (C=O) groups excluding carboxylic acids is 2.